The Morgan fingerprint density at radius 3 is 2.68 bits per heavy atom. The van der Waals surface area contributed by atoms with E-state index in [9.17, 15) is 9.59 Å². The number of ether oxygens (including phenoxy) is 2. The normalized spacial score (nSPS) is 18.7. The minimum absolute atomic E-state index is 0.0966. The Morgan fingerprint density at radius 1 is 1.26 bits per heavy atom. The monoisotopic (exact) mass is 262 g/mol. The molecule has 0 spiro atoms. The van der Waals surface area contributed by atoms with Gasteiger partial charge in [-0.15, -0.1) is 0 Å². The smallest absolute Gasteiger partial charge is 0.372 e. The number of hydrogen-bond donors (Lipinski definition) is 1. The molecule has 100 valence electrons. The van der Waals surface area contributed by atoms with E-state index in [1.54, 1.807) is 18.2 Å². The maximum Gasteiger partial charge on any atom is 0.372 e. The molecule has 1 aromatic carbocycles. The van der Waals surface area contributed by atoms with Crippen LogP contribution >= 0.6 is 0 Å². The van der Waals surface area contributed by atoms with E-state index in [1.807, 2.05) is 0 Å². The average Bonchev–Trinajstić information content (AvgIpc) is 2.80. The summed E-state index contributed by atoms with van der Waals surface area (Å²) in [7, 11) is 0. The van der Waals surface area contributed by atoms with E-state index < -0.39 is 17.7 Å². The van der Waals surface area contributed by atoms with E-state index >= 15 is 0 Å². The zero-order chi connectivity index (χ0) is 13.4. The number of ketones is 1. The number of carbonyl (C=O) groups is 2. The molecule has 0 amide bonds. The van der Waals surface area contributed by atoms with Crippen LogP contribution < -0.4 is 9.47 Å². The Labute approximate surface area is 110 Å². The Hall–Kier alpha value is -2.04. The number of carboxylic acids is 1. The summed E-state index contributed by atoms with van der Waals surface area (Å²) >= 11 is 0. The molecule has 3 rings (SSSR count). The van der Waals surface area contributed by atoms with Crippen molar-refractivity contribution in [3.63, 3.8) is 0 Å². The fourth-order valence-corrected chi connectivity index (χ4v) is 2.71. The number of para-hydroxylation sites is 1. The summed E-state index contributed by atoms with van der Waals surface area (Å²) in [5.41, 5.74) is 0.645. The van der Waals surface area contributed by atoms with Crippen molar-refractivity contribution < 1.29 is 24.2 Å². The van der Waals surface area contributed by atoms with Crippen LogP contribution in [0.3, 0.4) is 0 Å². The van der Waals surface area contributed by atoms with Crippen LogP contribution in [0.4, 0.5) is 0 Å². The van der Waals surface area contributed by atoms with Gasteiger partial charge in [0.1, 0.15) is 0 Å². The molecule has 1 saturated carbocycles. The molecular weight excluding hydrogens is 248 g/mol. The lowest BCUT2D eigenvalue weighted by atomic mass is 9.71. The van der Waals surface area contributed by atoms with Gasteiger partial charge in [-0.05, 0) is 24.8 Å². The van der Waals surface area contributed by atoms with Gasteiger partial charge in [0.05, 0.1) is 5.92 Å². The minimum atomic E-state index is -1.38. The van der Waals surface area contributed by atoms with Crippen molar-refractivity contribution in [1.29, 1.82) is 0 Å². The first-order valence-corrected chi connectivity index (χ1v) is 6.34. The van der Waals surface area contributed by atoms with Crippen LogP contribution in [0.15, 0.2) is 18.2 Å². The standard InChI is InChI=1S/C14H14O5/c15-12(14(16)17)11(8-3-1-4-8)9-5-2-6-10-13(9)19-7-18-10/h2,5-6,8,11H,1,3-4,7H2,(H,16,17). The van der Waals surface area contributed by atoms with Gasteiger partial charge in [-0.3, -0.25) is 4.79 Å². The van der Waals surface area contributed by atoms with Gasteiger partial charge in [-0.1, -0.05) is 18.6 Å². The number of Topliss-reactive ketones (excluding diaryl/α,β-unsaturated/α-hetero) is 1. The first-order chi connectivity index (χ1) is 9.18. The first-order valence-electron chi connectivity index (χ1n) is 6.34. The van der Waals surface area contributed by atoms with Gasteiger partial charge in [0.2, 0.25) is 12.6 Å². The molecule has 0 saturated heterocycles. The van der Waals surface area contributed by atoms with Crippen molar-refractivity contribution in [1.82, 2.24) is 0 Å². The molecule has 1 heterocycles. The molecule has 1 N–H and O–H groups in total. The van der Waals surface area contributed by atoms with Crippen LogP contribution in [0.5, 0.6) is 11.5 Å². The Morgan fingerprint density at radius 2 is 2.05 bits per heavy atom. The van der Waals surface area contributed by atoms with Gasteiger partial charge in [0.25, 0.3) is 0 Å². The summed E-state index contributed by atoms with van der Waals surface area (Å²) < 4.78 is 10.7. The van der Waals surface area contributed by atoms with Crippen LogP contribution in [-0.4, -0.2) is 23.7 Å². The molecular formula is C14H14O5. The van der Waals surface area contributed by atoms with Crippen molar-refractivity contribution in [2.75, 3.05) is 6.79 Å². The number of hydrogen-bond acceptors (Lipinski definition) is 4. The van der Waals surface area contributed by atoms with Crippen molar-refractivity contribution in [2.45, 2.75) is 25.2 Å². The van der Waals surface area contributed by atoms with Gasteiger partial charge in [0.15, 0.2) is 11.5 Å². The zero-order valence-electron chi connectivity index (χ0n) is 10.3. The lowest BCUT2D eigenvalue weighted by Gasteiger charge is -2.32. The molecule has 0 radical (unpaired) electrons. The molecule has 2 aliphatic rings. The second kappa shape index (κ2) is 4.57. The third-order valence-corrected chi connectivity index (χ3v) is 3.88. The van der Waals surface area contributed by atoms with Crippen molar-refractivity contribution >= 4 is 11.8 Å². The molecule has 19 heavy (non-hydrogen) atoms. The maximum atomic E-state index is 12.0. The summed E-state index contributed by atoms with van der Waals surface area (Å²) in [4.78, 5) is 23.0. The molecule has 1 aliphatic heterocycles. The lowest BCUT2D eigenvalue weighted by molar-refractivity contribution is -0.150. The molecule has 1 fully saturated rings. The maximum absolute atomic E-state index is 12.0. The predicted molar refractivity (Wildman–Crippen MR) is 65.3 cm³/mol. The van der Waals surface area contributed by atoms with Crippen LogP contribution in [-0.2, 0) is 9.59 Å². The van der Waals surface area contributed by atoms with E-state index in [2.05, 4.69) is 0 Å². The van der Waals surface area contributed by atoms with Crippen LogP contribution in [0.2, 0.25) is 0 Å². The summed E-state index contributed by atoms with van der Waals surface area (Å²) in [6.45, 7) is 0.116. The van der Waals surface area contributed by atoms with Gasteiger partial charge < -0.3 is 14.6 Å². The first kappa shape index (κ1) is 12.0. The number of carbonyl (C=O) groups excluding carboxylic acids is 1. The van der Waals surface area contributed by atoms with Crippen molar-refractivity contribution in [3.05, 3.63) is 23.8 Å². The molecule has 1 atom stereocenters. The van der Waals surface area contributed by atoms with Crippen LogP contribution in [0.1, 0.15) is 30.7 Å². The zero-order valence-corrected chi connectivity index (χ0v) is 10.3. The number of carboxylic acid groups (broad SMARTS) is 1. The molecule has 1 aromatic rings. The highest BCUT2D eigenvalue weighted by Crippen LogP contribution is 2.46. The average molecular weight is 262 g/mol. The third-order valence-electron chi connectivity index (χ3n) is 3.88. The van der Waals surface area contributed by atoms with E-state index in [1.165, 1.54) is 0 Å². The molecule has 1 aliphatic carbocycles. The largest absolute Gasteiger partial charge is 0.475 e. The fourth-order valence-electron chi connectivity index (χ4n) is 2.71. The van der Waals surface area contributed by atoms with Gasteiger partial charge in [-0.25, -0.2) is 4.79 Å². The summed E-state index contributed by atoms with van der Waals surface area (Å²) in [6, 6.07) is 5.29. The molecule has 5 heteroatoms. The second-order valence-corrected chi connectivity index (χ2v) is 4.92. The fraction of sp³-hybridized carbons (Fsp3) is 0.429. The van der Waals surface area contributed by atoms with E-state index in [0.717, 1.165) is 19.3 Å². The van der Waals surface area contributed by atoms with Gasteiger partial charge >= 0.3 is 5.97 Å². The Kier molecular flexibility index (Phi) is 2.89. The van der Waals surface area contributed by atoms with Gasteiger partial charge in [0, 0.05) is 5.56 Å². The molecule has 1 unspecified atom stereocenters. The predicted octanol–water partition coefficient (Wildman–Crippen LogP) is 1.95. The third kappa shape index (κ3) is 1.95. The highest BCUT2D eigenvalue weighted by Gasteiger charge is 2.39. The van der Waals surface area contributed by atoms with Gasteiger partial charge in [-0.2, -0.15) is 0 Å². The van der Waals surface area contributed by atoms with E-state index in [-0.39, 0.29) is 12.7 Å². The molecule has 0 bridgehead atoms. The number of fused-ring (bicyclic) bond motifs is 1. The topological polar surface area (TPSA) is 72.8 Å². The SMILES string of the molecule is O=C(O)C(=O)C(c1cccc2c1OCO2)C1CCC1. The Bertz CT molecular complexity index is 533. The summed E-state index contributed by atoms with van der Waals surface area (Å²) in [5, 5.41) is 9.01. The number of aliphatic carboxylic acids is 1. The second-order valence-electron chi connectivity index (χ2n) is 4.92. The van der Waals surface area contributed by atoms with Crippen molar-refractivity contribution in [2.24, 2.45) is 5.92 Å². The van der Waals surface area contributed by atoms with Crippen LogP contribution in [0, 0.1) is 5.92 Å². The van der Waals surface area contributed by atoms with E-state index in [4.69, 9.17) is 14.6 Å². The highest BCUT2D eigenvalue weighted by molar-refractivity contribution is 6.35. The highest BCUT2D eigenvalue weighted by atomic mass is 16.7. The summed E-state index contributed by atoms with van der Waals surface area (Å²) in [6.07, 6.45) is 2.81. The van der Waals surface area contributed by atoms with Crippen LogP contribution in [0.25, 0.3) is 0 Å². The quantitative estimate of drug-likeness (QED) is 0.839. The Balaban J connectivity index is 2.02. The van der Waals surface area contributed by atoms with E-state index in [0.29, 0.717) is 17.1 Å². The summed E-state index contributed by atoms with van der Waals surface area (Å²) in [5.74, 6) is -1.56. The lowest BCUT2D eigenvalue weighted by Crippen LogP contribution is -2.31. The number of benzene rings is 1. The van der Waals surface area contributed by atoms with Crippen molar-refractivity contribution in [3.8, 4) is 11.5 Å². The molecule has 0 aromatic heterocycles. The molecule has 5 nitrogen and oxygen atoms in total. The minimum Gasteiger partial charge on any atom is -0.475 e. The number of rotatable bonds is 4.